The maximum atomic E-state index is 9.12. The number of rotatable bonds is 5. The molecule has 108 valence electrons. The third-order valence-electron chi connectivity index (χ3n) is 3.65. The van der Waals surface area contributed by atoms with Crippen molar-refractivity contribution in [3.8, 4) is 11.8 Å². The van der Waals surface area contributed by atoms with Crippen molar-refractivity contribution in [2.24, 2.45) is 0 Å². The minimum atomic E-state index is 0.263. The number of benzene rings is 2. The van der Waals surface area contributed by atoms with Gasteiger partial charge in [0.05, 0.1) is 12.7 Å². The molecular weight excluding hydrogens is 260 g/mol. The molecule has 0 saturated carbocycles. The third-order valence-corrected chi connectivity index (χ3v) is 3.65. The molecule has 0 aliphatic carbocycles. The normalized spacial score (nSPS) is 11.7. The van der Waals surface area contributed by atoms with E-state index in [0.717, 1.165) is 5.56 Å². The van der Waals surface area contributed by atoms with Gasteiger partial charge in [-0.25, -0.2) is 0 Å². The number of nitrogens with one attached hydrogen (secondary N) is 1. The summed E-state index contributed by atoms with van der Waals surface area (Å²) in [4.78, 5) is 0. The standard InChI is InChI=1S/C18H20N2O/c1-13-6-4-5-7-17(13)14(2)20-12-15-8-9-18(21-3)16(10-15)11-19/h4-10,14,20H,12H2,1-3H3/t14-/m0/s1. The van der Waals surface area contributed by atoms with E-state index < -0.39 is 0 Å². The molecule has 0 amide bonds. The van der Waals surface area contributed by atoms with Crippen molar-refractivity contribution >= 4 is 0 Å². The fourth-order valence-corrected chi connectivity index (χ4v) is 2.41. The first-order chi connectivity index (χ1) is 10.2. The first kappa shape index (κ1) is 15.1. The first-order valence-corrected chi connectivity index (χ1v) is 7.01. The van der Waals surface area contributed by atoms with Crippen molar-refractivity contribution in [1.29, 1.82) is 5.26 Å². The lowest BCUT2D eigenvalue weighted by atomic mass is 10.0. The summed E-state index contributed by atoms with van der Waals surface area (Å²) < 4.78 is 5.16. The van der Waals surface area contributed by atoms with E-state index in [4.69, 9.17) is 10.00 Å². The maximum absolute atomic E-state index is 9.12. The van der Waals surface area contributed by atoms with Gasteiger partial charge in [0.25, 0.3) is 0 Å². The molecule has 0 radical (unpaired) electrons. The van der Waals surface area contributed by atoms with Crippen LogP contribution in [0.2, 0.25) is 0 Å². The zero-order chi connectivity index (χ0) is 15.2. The van der Waals surface area contributed by atoms with E-state index >= 15 is 0 Å². The first-order valence-electron chi connectivity index (χ1n) is 7.01. The van der Waals surface area contributed by atoms with Crippen LogP contribution in [0.4, 0.5) is 0 Å². The summed E-state index contributed by atoms with van der Waals surface area (Å²) in [7, 11) is 1.58. The predicted molar refractivity (Wildman–Crippen MR) is 84.1 cm³/mol. The Bertz CT molecular complexity index is 659. The molecule has 3 heteroatoms. The average Bonchev–Trinajstić information content (AvgIpc) is 2.52. The van der Waals surface area contributed by atoms with E-state index in [2.05, 4.69) is 43.4 Å². The van der Waals surface area contributed by atoms with Crippen LogP contribution in [0, 0.1) is 18.3 Å². The Morgan fingerprint density at radius 3 is 2.67 bits per heavy atom. The summed E-state index contributed by atoms with van der Waals surface area (Å²) in [5.41, 5.74) is 4.23. The second-order valence-electron chi connectivity index (χ2n) is 5.11. The van der Waals surface area contributed by atoms with Crippen LogP contribution in [0.25, 0.3) is 0 Å². The molecule has 0 unspecified atom stereocenters. The molecule has 1 N–H and O–H groups in total. The zero-order valence-electron chi connectivity index (χ0n) is 12.7. The summed E-state index contributed by atoms with van der Waals surface area (Å²) >= 11 is 0. The minimum Gasteiger partial charge on any atom is -0.495 e. The molecule has 0 aliphatic heterocycles. The van der Waals surface area contributed by atoms with Gasteiger partial charge in [0.15, 0.2) is 0 Å². The van der Waals surface area contributed by atoms with Gasteiger partial charge in [0.1, 0.15) is 11.8 Å². The highest BCUT2D eigenvalue weighted by molar-refractivity contribution is 5.45. The third kappa shape index (κ3) is 3.62. The molecule has 0 heterocycles. The van der Waals surface area contributed by atoms with Crippen molar-refractivity contribution in [3.63, 3.8) is 0 Å². The van der Waals surface area contributed by atoms with Gasteiger partial charge in [0, 0.05) is 12.6 Å². The second kappa shape index (κ2) is 6.92. The summed E-state index contributed by atoms with van der Waals surface area (Å²) in [5.74, 6) is 0.619. The van der Waals surface area contributed by atoms with Crippen molar-refractivity contribution in [3.05, 3.63) is 64.7 Å². The van der Waals surface area contributed by atoms with E-state index in [1.807, 2.05) is 24.3 Å². The van der Waals surface area contributed by atoms with Crippen molar-refractivity contribution in [2.75, 3.05) is 7.11 Å². The zero-order valence-corrected chi connectivity index (χ0v) is 12.7. The highest BCUT2D eigenvalue weighted by atomic mass is 16.5. The molecule has 0 fully saturated rings. The lowest BCUT2D eigenvalue weighted by molar-refractivity contribution is 0.413. The van der Waals surface area contributed by atoms with E-state index in [0.29, 0.717) is 17.9 Å². The largest absolute Gasteiger partial charge is 0.495 e. The Balaban J connectivity index is 2.07. The van der Waals surface area contributed by atoms with Gasteiger partial charge in [0.2, 0.25) is 0 Å². The van der Waals surface area contributed by atoms with Crippen LogP contribution in [0.1, 0.15) is 35.2 Å². The van der Waals surface area contributed by atoms with Gasteiger partial charge >= 0.3 is 0 Å². The van der Waals surface area contributed by atoms with Gasteiger partial charge < -0.3 is 10.1 Å². The summed E-state index contributed by atoms with van der Waals surface area (Å²) in [6.45, 7) is 4.99. The highest BCUT2D eigenvalue weighted by Gasteiger charge is 2.08. The summed E-state index contributed by atoms with van der Waals surface area (Å²) in [5, 5.41) is 12.6. The van der Waals surface area contributed by atoms with E-state index in [-0.39, 0.29) is 6.04 Å². The fraction of sp³-hybridized carbons (Fsp3) is 0.278. The Hall–Kier alpha value is -2.31. The SMILES string of the molecule is COc1ccc(CN[C@@H](C)c2ccccc2C)cc1C#N. The monoisotopic (exact) mass is 280 g/mol. The molecule has 0 bridgehead atoms. The van der Waals surface area contributed by atoms with Gasteiger partial charge in [-0.3, -0.25) is 0 Å². The smallest absolute Gasteiger partial charge is 0.136 e. The lowest BCUT2D eigenvalue weighted by Gasteiger charge is -2.17. The molecule has 1 atom stereocenters. The number of nitrogens with zero attached hydrogens (tertiary/aromatic N) is 1. The molecule has 0 spiro atoms. The van der Waals surface area contributed by atoms with Crippen LogP contribution in [0.15, 0.2) is 42.5 Å². The molecule has 2 aromatic rings. The Kier molecular flexibility index (Phi) is 4.97. The van der Waals surface area contributed by atoms with Gasteiger partial charge in [-0.15, -0.1) is 0 Å². The van der Waals surface area contributed by atoms with Crippen molar-refractivity contribution in [2.45, 2.75) is 26.4 Å². The molecule has 3 nitrogen and oxygen atoms in total. The van der Waals surface area contributed by atoms with Crippen molar-refractivity contribution < 1.29 is 4.74 Å². The maximum Gasteiger partial charge on any atom is 0.136 e. The number of methoxy groups -OCH3 is 1. The molecular formula is C18H20N2O. The van der Waals surface area contributed by atoms with Crippen LogP contribution < -0.4 is 10.1 Å². The molecule has 21 heavy (non-hydrogen) atoms. The average molecular weight is 280 g/mol. The van der Waals surface area contributed by atoms with Crippen LogP contribution >= 0.6 is 0 Å². The summed E-state index contributed by atoms with van der Waals surface area (Å²) in [6.07, 6.45) is 0. The topological polar surface area (TPSA) is 45.0 Å². The molecule has 0 aliphatic rings. The Morgan fingerprint density at radius 1 is 1.24 bits per heavy atom. The molecule has 0 saturated heterocycles. The van der Waals surface area contributed by atoms with Crippen LogP contribution in [-0.4, -0.2) is 7.11 Å². The minimum absolute atomic E-state index is 0.263. The molecule has 0 aromatic heterocycles. The Morgan fingerprint density at radius 2 is 2.00 bits per heavy atom. The predicted octanol–water partition coefficient (Wildman–Crippen LogP) is 3.73. The quantitative estimate of drug-likeness (QED) is 0.907. The number of hydrogen-bond donors (Lipinski definition) is 1. The van der Waals surface area contributed by atoms with Gasteiger partial charge in [-0.05, 0) is 42.7 Å². The van der Waals surface area contributed by atoms with Crippen LogP contribution in [0.3, 0.4) is 0 Å². The summed E-state index contributed by atoms with van der Waals surface area (Å²) in [6, 6.07) is 16.5. The molecule has 2 rings (SSSR count). The van der Waals surface area contributed by atoms with E-state index in [1.54, 1.807) is 7.11 Å². The number of aryl methyl sites for hydroxylation is 1. The highest BCUT2D eigenvalue weighted by Crippen LogP contribution is 2.20. The number of nitriles is 1. The fourth-order valence-electron chi connectivity index (χ4n) is 2.41. The van der Waals surface area contributed by atoms with Gasteiger partial charge in [-0.1, -0.05) is 30.3 Å². The number of ether oxygens (including phenoxy) is 1. The van der Waals surface area contributed by atoms with E-state index in [1.165, 1.54) is 11.1 Å². The van der Waals surface area contributed by atoms with Crippen molar-refractivity contribution in [1.82, 2.24) is 5.32 Å². The Labute approximate surface area is 126 Å². The molecule has 2 aromatic carbocycles. The lowest BCUT2D eigenvalue weighted by Crippen LogP contribution is -2.18. The van der Waals surface area contributed by atoms with Gasteiger partial charge in [-0.2, -0.15) is 5.26 Å². The number of hydrogen-bond acceptors (Lipinski definition) is 3. The second-order valence-corrected chi connectivity index (χ2v) is 5.11. The van der Waals surface area contributed by atoms with Crippen LogP contribution in [-0.2, 0) is 6.54 Å². The van der Waals surface area contributed by atoms with E-state index in [9.17, 15) is 0 Å². The van der Waals surface area contributed by atoms with Crippen LogP contribution in [0.5, 0.6) is 5.75 Å².